The third-order valence-electron chi connectivity index (χ3n) is 3.69. The predicted molar refractivity (Wildman–Crippen MR) is 83.6 cm³/mol. The van der Waals surface area contributed by atoms with Gasteiger partial charge in [-0.15, -0.1) is 0 Å². The Bertz CT molecular complexity index is 379. The van der Waals surface area contributed by atoms with E-state index in [-0.39, 0.29) is 5.69 Å². The molecule has 1 N–H and O–H groups in total. The molecule has 2 nitrogen and oxygen atoms in total. The van der Waals surface area contributed by atoms with Gasteiger partial charge in [-0.3, -0.25) is 4.98 Å². The van der Waals surface area contributed by atoms with Crippen molar-refractivity contribution in [3.63, 3.8) is 0 Å². The molecule has 0 aliphatic heterocycles. The molecule has 0 aliphatic carbocycles. The van der Waals surface area contributed by atoms with Crippen LogP contribution in [0.15, 0.2) is 24.4 Å². The van der Waals surface area contributed by atoms with Gasteiger partial charge in [0.2, 0.25) is 0 Å². The van der Waals surface area contributed by atoms with Crippen molar-refractivity contribution in [3.8, 4) is 0 Å². The van der Waals surface area contributed by atoms with Crippen LogP contribution in [0.3, 0.4) is 0 Å². The van der Waals surface area contributed by atoms with Crippen molar-refractivity contribution >= 4 is 0 Å². The number of hydrogen-bond acceptors (Lipinski definition) is 2. The number of unbranched alkanes of at least 4 members (excludes halogenated alkanes) is 7. The topological polar surface area (TPSA) is 24.9 Å². The molecule has 22 heavy (non-hydrogen) atoms. The fraction of sp³-hybridized carbons (Fsp3) is 0.706. The minimum Gasteiger partial charge on any atom is -0.301 e. The zero-order valence-corrected chi connectivity index (χ0v) is 13.3. The molecule has 0 saturated heterocycles. The van der Waals surface area contributed by atoms with Gasteiger partial charge in [-0.25, -0.2) is 0 Å². The molecule has 0 radical (unpaired) electrons. The molecule has 1 atom stereocenters. The molecule has 1 aromatic heterocycles. The second kappa shape index (κ2) is 10.6. The lowest BCUT2D eigenvalue weighted by molar-refractivity contribution is -0.158. The Kier molecular flexibility index (Phi) is 9.13. The van der Waals surface area contributed by atoms with Gasteiger partial charge >= 0.3 is 6.18 Å². The molecule has 0 fully saturated rings. The summed E-state index contributed by atoms with van der Waals surface area (Å²) in [5.41, 5.74) is 0.0366. The zero-order valence-electron chi connectivity index (χ0n) is 13.3. The van der Waals surface area contributed by atoms with Crippen molar-refractivity contribution in [2.24, 2.45) is 0 Å². The van der Waals surface area contributed by atoms with Crippen LogP contribution >= 0.6 is 0 Å². The highest BCUT2D eigenvalue weighted by Crippen LogP contribution is 2.31. The molecule has 0 saturated carbocycles. The lowest BCUT2D eigenvalue weighted by Crippen LogP contribution is -2.35. The Morgan fingerprint density at radius 3 is 2.18 bits per heavy atom. The second-order valence-corrected chi connectivity index (χ2v) is 5.66. The van der Waals surface area contributed by atoms with Gasteiger partial charge in [0.15, 0.2) is 0 Å². The van der Waals surface area contributed by atoms with E-state index in [1.54, 1.807) is 12.1 Å². The van der Waals surface area contributed by atoms with Crippen molar-refractivity contribution in [2.45, 2.75) is 70.5 Å². The number of nitrogens with one attached hydrogen (secondary N) is 1. The Morgan fingerprint density at radius 1 is 1.00 bits per heavy atom. The van der Waals surface area contributed by atoms with Gasteiger partial charge < -0.3 is 5.32 Å². The van der Waals surface area contributed by atoms with Gasteiger partial charge in [-0.05, 0) is 25.1 Å². The molecule has 0 aliphatic rings. The lowest BCUT2D eigenvalue weighted by Gasteiger charge is -2.21. The van der Waals surface area contributed by atoms with Crippen molar-refractivity contribution < 1.29 is 13.2 Å². The van der Waals surface area contributed by atoms with E-state index in [0.717, 1.165) is 19.3 Å². The molecule has 0 bridgehead atoms. The predicted octanol–water partition coefficient (Wildman–Crippen LogP) is 5.42. The van der Waals surface area contributed by atoms with E-state index >= 15 is 0 Å². The van der Waals surface area contributed by atoms with Gasteiger partial charge in [0.05, 0.1) is 5.69 Å². The smallest absolute Gasteiger partial charge is 0.301 e. The van der Waals surface area contributed by atoms with Gasteiger partial charge in [0.25, 0.3) is 0 Å². The van der Waals surface area contributed by atoms with Gasteiger partial charge in [-0.2, -0.15) is 13.2 Å². The van der Waals surface area contributed by atoms with Crippen LogP contribution in [0.4, 0.5) is 13.2 Å². The summed E-state index contributed by atoms with van der Waals surface area (Å²) >= 11 is 0. The van der Waals surface area contributed by atoms with Crippen LogP contribution in [-0.2, 0) is 0 Å². The molecule has 1 heterocycles. The van der Waals surface area contributed by atoms with E-state index in [2.05, 4.69) is 17.2 Å². The minimum atomic E-state index is -4.31. The molecule has 0 amide bonds. The number of rotatable bonds is 11. The molecular formula is C17H27F3N2. The van der Waals surface area contributed by atoms with Crippen molar-refractivity contribution in [2.75, 3.05) is 6.54 Å². The van der Waals surface area contributed by atoms with Crippen molar-refractivity contribution in [1.29, 1.82) is 0 Å². The van der Waals surface area contributed by atoms with Gasteiger partial charge in [0, 0.05) is 6.20 Å². The number of nitrogens with zero attached hydrogens (tertiary/aromatic N) is 1. The molecule has 1 aromatic rings. The Morgan fingerprint density at radius 2 is 1.64 bits per heavy atom. The summed E-state index contributed by atoms with van der Waals surface area (Å²) in [6, 6.07) is 2.95. The van der Waals surface area contributed by atoms with E-state index in [4.69, 9.17) is 0 Å². The maximum Gasteiger partial charge on any atom is 0.409 e. The first-order chi connectivity index (χ1) is 10.6. The Hall–Kier alpha value is -1.10. The van der Waals surface area contributed by atoms with Crippen LogP contribution in [0.2, 0.25) is 0 Å². The first kappa shape index (κ1) is 18.9. The second-order valence-electron chi connectivity index (χ2n) is 5.66. The highest BCUT2D eigenvalue weighted by molar-refractivity contribution is 5.10. The number of alkyl halides is 3. The quantitative estimate of drug-likeness (QED) is 0.552. The van der Waals surface area contributed by atoms with Crippen LogP contribution < -0.4 is 5.32 Å². The minimum absolute atomic E-state index is 0.0366. The molecule has 1 rings (SSSR count). The standard InChI is InChI=1S/C17H27F3N2/c1-2-3-4-5-6-7-8-10-14-22-16(17(18,19)20)15-12-9-11-13-21-15/h9,11-13,16,22H,2-8,10,14H2,1H3/t16-/m1/s1. The largest absolute Gasteiger partial charge is 0.409 e. The van der Waals surface area contributed by atoms with Crippen LogP contribution in [0, 0.1) is 0 Å². The van der Waals surface area contributed by atoms with E-state index < -0.39 is 12.2 Å². The highest BCUT2D eigenvalue weighted by atomic mass is 19.4. The fourth-order valence-electron chi connectivity index (χ4n) is 2.44. The lowest BCUT2D eigenvalue weighted by atomic mass is 10.1. The summed E-state index contributed by atoms with van der Waals surface area (Å²) < 4.78 is 39.2. The third-order valence-corrected chi connectivity index (χ3v) is 3.69. The monoisotopic (exact) mass is 316 g/mol. The summed E-state index contributed by atoms with van der Waals surface area (Å²) in [7, 11) is 0. The van der Waals surface area contributed by atoms with Gasteiger partial charge in [0.1, 0.15) is 6.04 Å². The summed E-state index contributed by atoms with van der Waals surface area (Å²) in [4.78, 5) is 3.82. The normalized spacial score (nSPS) is 13.3. The Balaban J connectivity index is 2.23. The molecular weight excluding hydrogens is 289 g/mol. The third kappa shape index (κ3) is 7.78. The average Bonchev–Trinajstić information content (AvgIpc) is 2.49. The summed E-state index contributed by atoms with van der Waals surface area (Å²) in [5, 5.41) is 2.60. The van der Waals surface area contributed by atoms with Crippen LogP contribution in [0.25, 0.3) is 0 Å². The number of aromatic nitrogens is 1. The molecule has 0 spiro atoms. The Labute approximate surface area is 131 Å². The van der Waals surface area contributed by atoms with Crippen LogP contribution in [0.1, 0.15) is 70.0 Å². The van der Waals surface area contributed by atoms with E-state index in [1.807, 2.05) is 0 Å². The van der Waals surface area contributed by atoms with Crippen LogP contribution in [0.5, 0.6) is 0 Å². The van der Waals surface area contributed by atoms with Crippen LogP contribution in [-0.4, -0.2) is 17.7 Å². The van der Waals surface area contributed by atoms with Gasteiger partial charge in [-0.1, -0.05) is 57.9 Å². The molecule has 0 unspecified atom stereocenters. The fourth-order valence-corrected chi connectivity index (χ4v) is 2.44. The SMILES string of the molecule is CCCCCCCCCCN[C@H](c1ccccn1)C(F)(F)F. The maximum absolute atomic E-state index is 13.1. The first-order valence-corrected chi connectivity index (χ1v) is 8.26. The van der Waals surface area contributed by atoms with Crippen molar-refractivity contribution in [1.82, 2.24) is 10.3 Å². The first-order valence-electron chi connectivity index (χ1n) is 8.26. The summed E-state index contributed by atoms with van der Waals surface area (Å²) in [6.45, 7) is 2.56. The number of pyridine rings is 1. The van der Waals surface area contributed by atoms with Crippen molar-refractivity contribution in [3.05, 3.63) is 30.1 Å². The average molecular weight is 316 g/mol. The number of halogens is 3. The molecule has 126 valence electrons. The highest BCUT2D eigenvalue weighted by Gasteiger charge is 2.41. The zero-order chi connectivity index (χ0) is 16.3. The van der Waals surface area contributed by atoms with E-state index in [1.165, 1.54) is 44.4 Å². The van der Waals surface area contributed by atoms with E-state index in [0.29, 0.717) is 6.54 Å². The summed E-state index contributed by atoms with van der Waals surface area (Å²) in [5.74, 6) is 0. The summed E-state index contributed by atoms with van der Waals surface area (Å²) in [6.07, 6.45) is 6.13. The maximum atomic E-state index is 13.1. The number of hydrogen-bond donors (Lipinski definition) is 1. The molecule has 0 aromatic carbocycles. The molecule has 5 heteroatoms. The van der Waals surface area contributed by atoms with E-state index in [9.17, 15) is 13.2 Å².